The zero-order chi connectivity index (χ0) is 14.1. The molecule has 2 atom stereocenters. The Morgan fingerprint density at radius 3 is 2.63 bits per heavy atom. The third-order valence-corrected chi connectivity index (χ3v) is 4.12. The number of hydrogen-bond donors (Lipinski definition) is 1. The Morgan fingerprint density at radius 2 is 2.00 bits per heavy atom. The van der Waals surface area contributed by atoms with E-state index >= 15 is 0 Å². The van der Waals surface area contributed by atoms with Gasteiger partial charge in [0.05, 0.1) is 5.56 Å². The number of alkyl halides is 3. The molecule has 1 aromatic rings. The summed E-state index contributed by atoms with van der Waals surface area (Å²) in [6.07, 6.45) is -1.75. The lowest BCUT2D eigenvalue weighted by Gasteiger charge is -2.28. The first kappa shape index (κ1) is 14.4. The van der Waals surface area contributed by atoms with E-state index < -0.39 is 11.7 Å². The Bertz CT molecular complexity index is 441. The molecule has 2 unspecified atom stereocenters. The molecule has 0 bridgehead atoms. The summed E-state index contributed by atoms with van der Waals surface area (Å²) in [5.41, 5.74) is -0.406. The molecule has 1 aliphatic rings. The highest BCUT2D eigenvalue weighted by atomic mass is 19.4. The van der Waals surface area contributed by atoms with Gasteiger partial charge < -0.3 is 5.32 Å². The van der Waals surface area contributed by atoms with Crippen LogP contribution in [0.2, 0.25) is 0 Å². The van der Waals surface area contributed by atoms with E-state index in [0.29, 0.717) is 11.6 Å². The highest BCUT2D eigenvalue weighted by Crippen LogP contribution is 2.45. The van der Waals surface area contributed by atoms with Crippen molar-refractivity contribution in [1.82, 2.24) is 5.32 Å². The average molecular weight is 271 g/mol. The highest BCUT2D eigenvalue weighted by molar-refractivity contribution is 5.37. The fourth-order valence-corrected chi connectivity index (χ4v) is 3.20. The minimum Gasteiger partial charge on any atom is -0.314 e. The number of halogens is 3. The molecule has 1 nitrogen and oxygen atoms in total. The van der Waals surface area contributed by atoms with Crippen LogP contribution in [0.1, 0.15) is 44.2 Å². The lowest BCUT2D eigenvalue weighted by atomic mass is 9.78. The maximum Gasteiger partial charge on any atom is 0.416 e. The van der Waals surface area contributed by atoms with Gasteiger partial charge in [-0.25, -0.2) is 0 Å². The standard InChI is InChI=1S/C15H20F3N/c1-3-19-11-8-9-14(2,10-11)12-6-4-5-7-13(12)15(16,17)18/h4-7,11,19H,3,8-10H2,1-2H3. The molecular weight excluding hydrogens is 251 g/mol. The third-order valence-electron chi connectivity index (χ3n) is 4.12. The fourth-order valence-electron chi connectivity index (χ4n) is 3.20. The van der Waals surface area contributed by atoms with Crippen LogP contribution in [0.15, 0.2) is 24.3 Å². The molecule has 0 aliphatic heterocycles. The molecule has 1 N–H and O–H groups in total. The smallest absolute Gasteiger partial charge is 0.314 e. The molecule has 4 heteroatoms. The summed E-state index contributed by atoms with van der Waals surface area (Å²) in [5.74, 6) is 0. The van der Waals surface area contributed by atoms with Gasteiger partial charge in [0.15, 0.2) is 0 Å². The normalized spacial score (nSPS) is 27.7. The van der Waals surface area contributed by atoms with Crippen LogP contribution in [0.25, 0.3) is 0 Å². The van der Waals surface area contributed by atoms with Gasteiger partial charge in [-0.1, -0.05) is 32.0 Å². The highest BCUT2D eigenvalue weighted by Gasteiger charge is 2.42. The van der Waals surface area contributed by atoms with Crippen LogP contribution in [0.4, 0.5) is 13.2 Å². The summed E-state index contributed by atoms with van der Waals surface area (Å²) in [6, 6.07) is 6.33. The Kier molecular flexibility index (Phi) is 3.90. The molecular formula is C15H20F3N. The molecule has 0 heterocycles. The summed E-state index contributed by atoms with van der Waals surface area (Å²) in [7, 11) is 0. The molecule has 19 heavy (non-hydrogen) atoms. The molecule has 1 aliphatic carbocycles. The van der Waals surface area contributed by atoms with Crippen LogP contribution in [0.3, 0.4) is 0 Å². The van der Waals surface area contributed by atoms with E-state index in [4.69, 9.17) is 0 Å². The Labute approximate surface area is 112 Å². The van der Waals surface area contributed by atoms with E-state index in [1.54, 1.807) is 12.1 Å². The van der Waals surface area contributed by atoms with Crippen LogP contribution < -0.4 is 5.32 Å². The molecule has 0 aromatic heterocycles. The molecule has 0 spiro atoms. The van der Waals surface area contributed by atoms with E-state index in [1.807, 2.05) is 13.8 Å². The van der Waals surface area contributed by atoms with Crippen molar-refractivity contribution in [2.24, 2.45) is 0 Å². The second-order valence-electron chi connectivity index (χ2n) is 5.60. The van der Waals surface area contributed by atoms with E-state index in [1.165, 1.54) is 12.1 Å². The molecule has 1 aromatic carbocycles. The predicted molar refractivity (Wildman–Crippen MR) is 70.1 cm³/mol. The van der Waals surface area contributed by atoms with Crippen molar-refractivity contribution in [3.8, 4) is 0 Å². The van der Waals surface area contributed by atoms with Gasteiger partial charge in [-0.05, 0) is 42.9 Å². The number of benzene rings is 1. The van der Waals surface area contributed by atoms with Crippen LogP contribution in [-0.2, 0) is 11.6 Å². The van der Waals surface area contributed by atoms with Gasteiger partial charge >= 0.3 is 6.18 Å². The number of hydrogen-bond acceptors (Lipinski definition) is 1. The van der Waals surface area contributed by atoms with Crippen molar-refractivity contribution >= 4 is 0 Å². The van der Waals surface area contributed by atoms with Gasteiger partial charge in [0, 0.05) is 6.04 Å². The van der Waals surface area contributed by atoms with Gasteiger partial charge in [0.1, 0.15) is 0 Å². The minimum atomic E-state index is -4.27. The average Bonchev–Trinajstić information content (AvgIpc) is 2.72. The van der Waals surface area contributed by atoms with Crippen LogP contribution in [-0.4, -0.2) is 12.6 Å². The van der Waals surface area contributed by atoms with E-state index in [-0.39, 0.29) is 5.41 Å². The van der Waals surface area contributed by atoms with Crippen LogP contribution in [0, 0.1) is 0 Å². The largest absolute Gasteiger partial charge is 0.416 e. The second kappa shape index (κ2) is 5.16. The van der Waals surface area contributed by atoms with Crippen LogP contribution >= 0.6 is 0 Å². The third kappa shape index (κ3) is 2.94. The maximum atomic E-state index is 13.1. The second-order valence-corrected chi connectivity index (χ2v) is 5.60. The van der Waals surface area contributed by atoms with Crippen molar-refractivity contribution in [3.63, 3.8) is 0 Å². The quantitative estimate of drug-likeness (QED) is 0.871. The van der Waals surface area contributed by atoms with E-state index in [0.717, 1.165) is 25.8 Å². The fraction of sp³-hybridized carbons (Fsp3) is 0.600. The van der Waals surface area contributed by atoms with Gasteiger partial charge in [0.2, 0.25) is 0 Å². The molecule has 1 fully saturated rings. The lowest BCUT2D eigenvalue weighted by Crippen LogP contribution is -2.29. The summed E-state index contributed by atoms with van der Waals surface area (Å²) in [6.45, 7) is 4.84. The Hall–Kier alpha value is -1.03. The number of nitrogens with one attached hydrogen (secondary N) is 1. The van der Waals surface area contributed by atoms with Crippen molar-refractivity contribution in [2.75, 3.05) is 6.54 Å². The molecule has 0 saturated heterocycles. The lowest BCUT2D eigenvalue weighted by molar-refractivity contribution is -0.138. The zero-order valence-electron chi connectivity index (χ0n) is 11.3. The van der Waals surface area contributed by atoms with Crippen molar-refractivity contribution in [3.05, 3.63) is 35.4 Å². The summed E-state index contributed by atoms with van der Waals surface area (Å²) < 4.78 is 39.3. The molecule has 0 radical (unpaired) electrons. The Morgan fingerprint density at radius 1 is 1.32 bits per heavy atom. The van der Waals surface area contributed by atoms with Gasteiger partial charge in [0.25, 0.3) is 0 Å². The summed E-state index contributed by atoms with van der Waals surface area (Å²) in [4.78, 5) is 0. The molecule has 2 rings (SSSR count). The van der Waals surface area contributed by atoms with Gasteiger partial charge in [-0.3, -0.25) is 0 Å². The monoisotopic (exact) mass is 271 g/mol. The Balaban J connectivity index is 2.32. The first-order valence-electron chi connectivity index (χ1n) is 6.77. The van der Waals surface area contributed by atoms with Crippen LogP contribution in [0.5, 0.6) is 0 Å². The van der Waals surface area contributed by atoms with E-state index in [9.17, 15) is 13.2 Å². The maximum absolute atomic E-state index is 13.1. The van der Waals surface area contributed by atoms with Crippen molar-refractivity contribution in [1.29, 1.82) is 0 Å². The SMILES string of the molecule is CCNC1CCC(C)(c2ccccc2C(F)(F)F)C1. The topological polar surface area (TPSA) is 12.0 Å². The number of rotatable bonds is 3. The molecule has 1 saturated carbocycles. The van der Waals surface area contributed by atoms with Crippen molar-refractivity contribution < 1.29 is 13.2 Å². The molecule has 106 valence electrons. The molecule has 0 amide bonds. The summed E-state index contributed by atoms with van der Waals surface area (Å²) >= 11 is 0. The van der Waals surface area contributed by atoms with Gasteiger partial charge in [-0.15, -0.1) is 0 Å². The van der Waals surface area contributed by atoms with E-state index in [2.05, 4.69) is 5.32 Å². The van der Waals surface area contributed by atoms with Crippen molar-refractivity contribution in [2.45, 2.75) is 50.7 Å². The first-order chi connectivity index (χ1) is 8.87. The van der Waals surface area contributed by atoms with Gasteiger partial charge in [-0.2, -0.15) is 13.2 Å². The summed E-state index contributed by atoms with van der Waals surface area (Å²) in [5, 5.41) is 3.35. The zero-order valence-corrected chi connectivity index (χ0v) is 11.3. The first-order valence-corrected chi connectivity index (χ1v) is 6.77. The minimum absolute atomic E-state index is 0.330. The predicted octanol–water partition coefficient (Wildman–Crippen LogP) is 4.13.